The van der Waals surface area contributed by atoms with Crippen LogP contribution in [0.4, 0.5) is 0 Å². The summed E-state index contributed by atoms with van der Waals surface area (Å²) in [5, 5.41) is 7.75. The minimum Gasteiger partial charge on any atom is -0.361 e. The lowest BCUT2D eigenvalue weighted by Gasteiger charge is -2.23. The van der Waals surface area contributed by atoms with Crippen LogP contribution in [0, 0.1) is 13.8 Å². The molecule has 3 heterocycles. The molecule has 3 rings (SSSR count). The summed E-state index contributed by atoms with van der Waals surface area (Å²) in [4.78, 5) is 2.54. The van der Waals surface area contributed by atoms with Gasteiger partial charge in [0.2, 0.25) is 0 Å². The average Bonchev–Trinajstić information content (AvgIpc) is 2.78. The minimum absolute atomic E-state index is 0.697. The van der Waals surface area contributed by atoms with Crippen molar-refractivity contribution in [1.29, 1.82) is 0 Å². The summed E-state index contributed by atoms with van der Waals surface area (Å²) in [5.41, 5.74) is 2.33. The van der Waals surface area contributed by atoms with Crippen LogP contribution >= 0.6 is 0 Å². The van der Waals surface area contributed by atoms with Crippen molar-refractivity contribution in [2.45, 2.75) is 51.7 Å². The SMILES string of the molecule is Cc1noc(C)c1CN1CCC2CCC(C1)N2. The summed E-state index contributed by atoms with van der Waals surface area (Å²) in [6.07, 6.45) is 3.98. The zero-order valence-corrected chi connectivity index (χ0v) is 10.7. The zero-order valence-electron chi connectivity index (χ0n) is 10.7. The van der Waals surface area contributed by atoms with Crippen LogP contribution in [0.1, 0.15) is 36.3 Å². The summed E-state index contributed by atoms with van der Waals surface area (Å²) < 4.78 is 5.24. The first-order valence-corrected chi connectivity index (χ1v) is 6.62. The van der Waals surface area contributed by atoms with Gasteiger partial charge in [0.05, 0.1) is 5.69 Å². The topological polar surface area (TPSA) is 41.3 Å². The van der Waals surface area contributed by atoms with E-state index in [2.05, 4.69) is 15.4 Å². The molecular weight excluding hydrogens is 214 g/mol. The molecule has 2 aliphatic heterocycles. The number of hydrogen-bond donors (Lipinski definition) is 1. The van der Waals surface area contributed by atoms with Gasteiger partial charge in [-0.3, -0.25) is 4.90 Å². The smallest absolute Gasteiger partial charge is 0.138 e. The number of likely N-dealkylation sites (tertiary alicyclic amines) is 1. The first-order chi connectivity index (χ1) is 8.22. The van der Waals surface area contributed by atoms with Crippen molar-refractivity contribution in [3.63, 3.8) is 0 Å². The molecule has 0 spiro atoms. The normalized spacial score (nSPS) is 29.5. The van der Waals surface area contributed by atoms with Gasteiger partial charge in [-0.2, -0.15) is 0 Å². The van der Waals surface area contributed by atoms with Crippen molar-refractivity contribution in [3.05, 3.63) is 17.0 Å². The predicted molar refractivity (Wildman–Crippen MR) is 65.8 cm³/mol. The largest absolute Gasteiger partial charge is 0.361 e. The number of aromatic nitrogens is 1. The van der Waals surface area contributed by atoms with Gasteiger partial charge in [0.1, 0.15) is 5.76 Å². The standard InChI is InChI=1S/C13H21N3O/c1-9-13(10(2)17-15-9)8-16-6-5-11-3-4-12(7-16)14-11/h11-12,14H,3-8H2,1-2H3. The van der Waals surface area contributed by atoms with Gasteiger partial charge in [0, 0.05) is 37.3 Å². The second-order valence-electron chi connectivity index (χ2n) is 5.46. The van der Waals surface area contributed by atoms with Crippen molar-refractivity contribution < 1.29 is 4.52 Å². The van der Waals surface area contributed by atoms with Crippen LogP contribution in [0.5, 0.6) is 0 Å². The number of nitrogens with zero attached hydrogens (tertiary/aromatic N) is 2. The number of aryl methyl sites for hydroxylation is 2. The molecule has 0 saturated carbocycles. The van der Waals surface area contributed by atoms with Gasteiger partial charge in [-0.1, -0.05) is 5.16 Å². The predicted octanol–water partition coefficient (Wildman–Crippen LogP) is 1.62. The third-order valence-corrected chi connectivity index (χ3v) is 4.17. The Hall–Kier alpha value is -0.870. The molecule has 0 aromatic carbocycles. The van der Waals surface area contributed by atoms with Crippen molar-refractivity contribution >= 4 is 0 Å². The fourth-order valence-electron chi connectivity index (χ4n) is 3.11. The molecule has 2 bridgehead atoms. The van der Waals surface area contributed by atoms with Crippen molar-refractivity contribution in [2.24, 2.45) is 0 Å². The third-order valence-electron chi connectivity index (χ3n) is 4.17. The van der Waals surface area contributed by atoms with E-state index in [1.54, 1.807) is 0 Å². The maximum Gasteiger partial charge on any atom is 0.138 e. The van der Waals surface area contributed by atoms with E-state index >= 15 is 0 Å². The number of rotatable bonds is 2. The van der Waals surface area contributed by atoms with E-state index in [9.17, 15) is 0 Å². The molecule has 94 valence electrons. The lowest BCUT2D eigenvalue weighted by molar-refractivity contribution is 0.249. The van der Waals surface area contributed by atoms with Crippen LogP contribution < -0.4 is 5.32 Å². The Morgan fingerprint density at radius 2 is 2.12 bits per heavy atom. The molecule has 0 radical (unpaired) electrons. The molecule has 1 N–H and O–H groups in total. The Morgan fingerprint density at radius 3 is 2.88 bits per heavy atom. The molecule has 2 unspecified atom stereocenters. The first kappa shape index (κ1) is 11.2. The van der Waals surface area contributed by atoms with Gasteiger partial charge in [0.25, 0.3) is 0 Å². The van der Waals surface area contributed by atoms with Crippen molar-refractivity contribution in [1.82, 2.24) is 15.4 Å². The van der Waals surface area contributed by atoms with Crippen LogP contribution in [0.3, 0.4) is 0 Å². The zero-order chi connectivity index (χ0) is 11.8. The molecule has 1 aromatic rings. The third kappa shape index (κ3) is 2.24. The monoisotopic (exact) mass is 235 g/mol. The van der Waals surface area contributed by atoms with Crippen LogP contribution in [0.25, 0.3) is 0 Å². The quantitative estimate of drug-likeness (QED) is 0.845. The van der Waals surface area contributed by atoms with Crippen LogP contribution in [-0.2, 0) is 6.54 Å². The van der Waals surface area contributed by atoms with Gasteiger partial charge in [-0.25, -0.2) is 0 Å². The van der Waals surface area contributed by atoms with E-state index in [-0.39, 0.29) is 0 Å². The van der Waals surface area contributed by atoms with Gasteiger partial charge in [-0.05, 0) is 33.1 Å². The van der Waals surface area contributed by atoms with E-state index < -0.39 is 0 Å². The Kier molecular flexibility index (Phi) is 2.92. The summed E-state index contributed by atoms with van der Waals surface area (Å²) in [6.45, 7) is 7.40. The maximum atomic E-state index is 5.24. The molecule has 4 heteroatoms. The number of hydrogen-bond acceptors (Lipinski definition) is 4. The maximum absolute atomic E-state index is 5.24. The molecule has 2 saturated heterocycles. The molecule has 0 aliphatic carbocycles. The average molecular weight is 235 g/mol. The Morgan fingerprint density at radius 1 is 1.29 bits per heavy atom. The van der Waals surface area contributed by atoms with E-state index in [4.69, 9.17) is 4.52 Å². The van der Waals surface area contributed by atoms with Crippen LogP contribution in [-0.4, -0.2) is 35.2 Å². The second-order valence-corrected chi connectivity index (χ2v) is 5.46. The van der Waals surface area contributed by atoms with Gasteiger partial charge >= 0.3 is 0 Å². The lowest BCUT2D eigenvalue weighted by Crippen LogP contribution is -2.35. The van der Waals surface area contributed by atoms with Crippen LogP contribution in [0.2, 0.25) is 0 Å². The summed E-state index contributed by atoms with van der Waals surface area (Å²) in [6, 6.07) is 1.46. The van der Waals surface area contributed by atoms with Gasteiger partial charge < -0.3 is 9.84 Å². The highest BCUT2D eigenvalue weighted by atomic mass is 16.5. The summed E-state index contributed by atoms with van der Waals surface area (Å²) in [7, 11) is 0. The highest BCUT2D eigenvalue weighted by Crippen LogP contribution is 2.23. The Balaban J connectivity index is 1.69. The highest BCUT2D eigenvalue weighted by Gasteiger charge is 2.29. The highest BCUT2D eigenvalue weighted by molar-refractivity contribution is 5.20. The fraction of sp³-hybridized carbons (Fsp3) is 0.769. The van der Waals surface area contributed by atoms with E-state index in [0.717, 1.165) is 24.0 Å². The van der Waals surface area contributed by atoms with E-state index in [1.165, 1.54) is 37.9 Å². The number of fused-ring (bicyclic) bond motifs is 2. The van der Waals surface area contributed by atoms with E-state index in [0.29, 0.717) is 6.04 Å². The Labute approximate surface area is 102 Å². The van der Waals surface area contributed by atoms with Gasteiger partial charge in [0.15, 0.2) is 0 Å². The van der Waals surface area contributed by atoms with Crippen LogP contribution in [0.15, 0.2) is 4.52 Å². The lowest BCUT2D eigenvalue weighted by atomic mass is 10.1. The first-order valence-electron chi connectivity index (χ1n) is 6.62. The minimum atomic E-state index is 0.697. The molecule has 17 heavy (non-hydrogen) atoms. The van der Waals surface area contributed by atoms with E-state index in [1.807, 2.05) is 13.8 Å². The molecule has 2 aliphatic rings. The molecule has 2 fully saturated rings. The second kappa shape index (κ2) is 4.42. The number of nitrogens with one attached hydrogen (secondary N) is 1. The summed E-state index contributed by atoms with van der Waals surface area (Å²) >= 11 is 0. The molecule has 0 amide bonds. The molecular formula is C13H21N3O. The van der Waals surface area contributed by atoms with Gasteiger partial charge in [-0.15, -0.1) is 0 Å². The fourth-order valence-corrected chi connectivity index (χ4v) is 3.11. The molecule has 4 nitrogen and oxygen atoms in total. The van der Waals surface area contributed by atoms with Crippen molar-refractivity contribution in [3.8, 4) is 0 Å². The summed E-state index contributed by atoms with van der Waals surface area (Å²) in [5.74, 6) is 0.977. The Bertz CT molecular complexity index is 382. The molecule has 1 aromatic heterocycles. The van der Waals surface area contributed by atoms with Crippen molar-refractivity contribution in [2.75, 3.05) is 13.1 Å². The molecule has 2 atom stereocenters.